The summed E-state index contributed by atoms with van der Waals surface area (Å²) in [7, 11) is -3.00. The molecule has 3 rings (SSSR count). The molecule has 0 unspecified atom stereocenters. The van der Waals surface area contributed by atoms with Crippen molar-refractivity contribution in [1.82, 2.24) is 5.32 Å². The predicted octanol–water partition coefficient (Wildman–Crippen LogP) is 1.87. The van der Waals surface area contributed by atoms with Gasteiger partial charge in [-0.25, -0.2) is 8.42 Å². The molecule has 1 N–H and O–H groups in total. The van der Waals surface area contributed by atoms with E-state index in [2.05, 4.69) is 11.4 Å². The maximum Gasteiger partial charge on any atom is 0.178 e. The number of hydrogen-bond acceptors (Lipinski definition) is 3. The van der Waals surface area contributed by atoms with E-state index >= 15 is 0 Å². The minimum atomic E-state index is -3.00. The van der Waals surface area contributed by atoms with Crippen molar-refractivity contribution in [2.24, 2.45) is 0 Å². The lowest BCUT2D eigenvalue weighted by molar-refractivity contribution is 0.460. The lowest BCUT2D eigenvalue weighted by atomic mass is 9.89. The molecular weight excluding hydrogens is 246 g/mol. The molecule has 3 nitrogen and oxygen atoms in total. The third kappa shape index (κ3) is 2.19. The van der Waals surface area contributed by atoms with Crippen molar-refractivity contribution in [2.75, 3.05) is 18.8 Å². The number of nitrogens with one attached hydrogen (secondary N) is 1. The summed E-state index contributed by atoms with van der Waals surface area (Å²) < 4.78 is 23.9. The van der Waals surface area contributed by atoms with Gasteiger partial charge in [0.05, 0.1) is 10.6 Å². The number of piperidine rings is 1. The largest absolute Gasteiger partial charge is 0.317 e. The molecule has 4 heteroatoms. The van der Waals surface area contributed by atoms with Crippen molar-refractivity contribution >= 4 is 9.84 Å². The van der Waals surface area contributed by atoms with Crippen LogP contribution in [-0.2, 0) is 16.3 Å². The summed E-state index contributed by atoms with van der Waals surface area (Å²) in [5.74, 6) is 0.911. The molecule has 1 saturated heterocycles. The van der Waals surface area contributed by atoms with Crippen LogP contribution >= 0.6 is 0 Å². The number of benzene rings is 1. The summed E-state index contributed by atoms with van der Waals surface area (Å²) in [6, 6.07) is 6.00. The number of sulfone groups is 1. The highest BCUT2D eigenvalue weighted by Gasteiger charge is 2.24. The second kappa shape index (κ2) is 4.67. The van der Waals surface area contributed by atoms with Gasteiger partial charge in [0.25, 0.3) is 0 Å². The lowest BCUT2D eigenvalue weighted by Crippen LogP contribution is -2.27. The van der Waals surface area contributed by atoms with Crippen LogP contribution in [0.25, 0.3) is 0 Å². The minimum Gasteiger partial charge on any atom is -0.317 e. The first-order chi connectivity index (χ1) is 8.67. The van der Waals surface area contributed by atoms with Crippen LogP contribution < -0.4 is 5.32 Å². The first-order valence-corrected chi connectivity index (χ1v) is 8.38. The highest BCUT2D eigenvalue weighted by molar-refractivity contribution is 7.91. The van der Waals surface area contributed by atoms with Gasteiger partial charge in [0.15, 0.2) is 9.84 Å². The molecule has 98 valence electrons. The van der Waals surface area contributed by atoms with E-state index in [0.29, 0.717) is 16.6 Å². The molecule has 0 radical (unpaired) electrons. The molecule has 0 saturated carbocycles. The summed E-state index contributed by atoms with van der Waals surface area (Å²) in [5.41, 5.74) is 2.37. The SMILES string of the molecule is O=S1(=O)CCCc2cc(C3CCNCC3)ccc21. The second-order valence-corrected chi connectivity index (χ2v) is 7.39. The Hall–Kier alpha value is -0.870. The van der Waals surface area contributed by atoms with E-state index in [-0.39, 0.29) is 0 Å². The average Bonchev–Trinajstić information content (AvgIpc) is 2.39. The van der Waals surface area contributed by atoms with Crippen LogP contribution in [-0.4, -0.2) is 27.3 Å². The Morgan fingerprint density at radius 3 is 2.72 bits per heavy atom. The molecule has 0 aliphatic carbocycles. The Balaban J connectivity index is 1.95. The predicted molar refractivity (Wildman–Crippen MR) is 71.7 cm³/mol. The minimum absolute atomic E-state index is 0.312. The normalized spacial score (nSPS) is 23.6. The fourth-order valence-corrected chi connectivity index (χ4v) is 4.65. The number of rotatable bonds is 1. The first-order valence-electron chi connectivity index (χ1n) is 6.73. The van der Waals surface area contributed by atoms with E-state index in [1.165, 1.54) is 5.56 Å². The van der Waals surface area contributed by atoms with Gasteiger partial charge in [-0.05, 0) is 61.9 Å². The molecule has 2 aliphatic rings. The van der Waals surface area contributed by atoms with Gasteiger partial charge >= 0.3 is 0 Å². The summed E-state index contributed by atoms with van der Waals surface area (Å²) in [5, 5.41) is 3.36. The van der Waals surface area contributed by atoms with Crippen molar-refractivity contribution in [1.29, 1.82) is 0 Å². The molecule has 18 heavy (non-hydrogen) atoms. The smallest absolute Gasteiger partial charge is 0.178 e. The monoisotopic (exact) mass is 265 g/mol. The van der Waals surface area contributed by atoms with Gasteiger partial charge in [-0.2, -0.15) is 0 Å². The molecule has 1 fully saturated rings. The van der Waals surface area contributed by atoms with E-state index in [1.807, 2.05) is 12.1 Å². The zero-order chi connectivity index (χ0) is 12.6. The van der Waals surface area contributed by atoms with E-state index in [0.717, 1.165) is 44.3 Å². The molecular formula is C14H19NO2S. The van der Waals surface area contributed by atoms with Crippen molar-refractivity contribution in [2.45, 2.75) is 36.5 Å². The summed E-state index contributed by atoms with van der Waals surface area (Å²) in [6.45, 7) is 2.14. The van der Waals surface area contributed by atoms with Crippen LogP contribution in [0.2, 0.25) is 0 Å². The fourth-order valence-electron chi connectivity index (χ4n) is 3.07. The van der Waals surface area contributed by atoms with Crippen molar-refractivity contribution in [3.63, 3.8) is 0 Å². The molecule has 0 amide bonds. The van der Waals surface area contributed by atoms with Crippen LogP contribution in [0.1, 0.15) is 36.3 Å². The number of fused-ring (bicyclic) bond motifs is 1. The summed E-state index contributed by atoms with van der Waals surface area (Å²) >= 11 is 0. The third-order valence-corrected chi connectivity index (χ3v) is 5.98. The Morgan fingerprint density at radius 1 is 1.17 bits per heavy atom. The first kappa shape index (κ1) is 12.2. The van der Waals surface area contributed by atoms with E-state index in [1.54, 1.807) is 0 Å². The quantitative estimate of drug-likeness (QED) is 0.843. The molecule has 0 atom stereocenters. The van der Waals surface area contributed by atoms with Crippen LogP contribution in [0.3, 0.4) is 0 Å². The topological polar surface area (TPSA) is 46.2 Å². The Bertz CT molecular complexity index is 545. The van der Waals surface area contributed by atoms with Gasteiger partial charge in [-0.3, -0.25) is 0 Å². The molecule has 0 spiro atoms. The van der Waals surface area contributed by atoms with Crippen molar-refractivity contribution in [3.8, 4) is 0 Å². The van der Waals surface area contributed by atoms with Crippen LogP contribution in [0.5, 0.6) is 0 Å². The summed E-state index contributed by atoms with van der Waals surface area (Å²) in [6.07, 6.45) is 4.00. The standard InChI is InChI=1S/C14H19NO2S/c16-18(17)9-1-2-13-10-12(3-4-14(13)18)11-5-7-15-8-6-11/h3-4,10-11,15H,1-2,5-9H2. The van der Waals surface area contributed by atoms with Crippen LogP contribution in [0, 0.1) is 0 Å². The van der Waals surface area contributed by atoms with Crippen LogP contribution in [0.15, 0.2) is 23.1 Å². The average molecular weight is 265 g/mol. The molecule has 2 heterocycles. The maximum absolute atomic E-state index is 12.0. The van der Waals surface area contributed by atoms with Gasteiger partial charge < -0.3 is 5.32 Å². The van der Waals surface area contributed by atoms with Crippen LogP contribution in [0.4, 0.5) is 0 Å². The second-order valence-electron chi connectivity index (χ2n) is 5.31. The van der Waals surface area contributed by atoms with E-state index < -0.39 is 9.84 Å². The van der Waals surface area contributed by atoms with Gasteiger partial charge in [0.2, 0.25) is 0 Å². The Labute approximate surface area is 109 Å². The van der Waals surface area contributed by atoms with E-state index in [4.69, 9.17) is 0 Å². The lowest BCUT2D eigenvalue weighted by Gasteiger charge is -2.25. The molecule has 0 bridgehead atoms. The van der Waals surface area contributed by atoms with E-state index in [9.17, 15) is 8.42 Å². The summed E-state index contributed by atoms with van der Waals surface area (Å²) in [4.78, 5) is 0.575. The Kier molecular flexibility index (Phi) is 3.16. The molecule has 0 aromatic heterocycles. The zero-order valence-electron chi connectivity index (χ0n) is 10.5. The molecule has 2 aliphatic heterocycles. The van der Waals surface area contributed by atoms with Gasteiger partial charge in [-0.1, -0.05) is 12.1 Å². The highest BCUT2D eigenvalue weighted by atomic mass is 32.2. The third-order valence-electron chi connectivity index (χ3n) is 4.09. The fraction of sp³-hybridized carbons (Fsp3) is 0.571. The van der Waals surface area contributed by atoms with Gasteiger partial charge in [-0.15, -0.1) is 0 Å². The Morgan fingerprint density at radius 2 is 1.94 bits per heavy atom. The zero-order valence-corrected chi connectivity index (χ0v) is 11.3. The molecule has 1 aromatic carbocycles. The van der Waals surface area contributed by atoms with Gasteiger partial charge in [0, 0.05) is 0 Å². The van der Waals surface area contributed by atoms with Crippen molar-refractivity contribution in [3.05, 3.63) is 29.3 Å². The number of hydrogen-bond donors (Lipinski definition) is 1. The van der Waals surface area contributed by atoms with Gasteiger partial charge in [0.1, 0.15) is 0 Å². The van der Waals surface area contributed by atoms with Crippen molar-refractivity contribution < 1.29 is 8.42 Å². The highest BCUT2D eigenvalue weighted by Crippen LogP contribution is 2.31. The maximum atomic E-state index is 12.0. The number of aryl methyl sites for hydroxylation is 1. The molecule has 1 aromatic rings.